The first-order valence-electron chi connectivity index (χ1n) is 10.7. The minimum atomic E-state index is -0.351. The predicted molar refractivity (Wildman–Crippen MR) is 109 cm³/mol. The number of carbonyl (C=O) groups is 1. The highest BCUT2D eigenvalue weighted by Gasteiger charge is 2.39. The molecule has 0 aromatic heterocycles. The van der Waals surface area contributed by atoms with Crippen molar-refractivity contribution in [1.82, 2.24) is 10.2 Å². The summed E-state index contributed by atoms with van der Waals surface area (Å²) in [6, 6.07) is 5.33. The van der Waals surface area contributed by atoms with Gasteiger partial charge in [-0.05, 0) is 63.2 Å². The number of piperidine rings is 2. The van der Waals surface area contributed by atoms with Gasteiger partial charge in [-0.3, -0.25) is 14.9 Å². The van der Waals surface area contributed by atoms with E-state index >= 15 is 0 Å². The maximum Gasteiger partial charge on any atom is 0.269 e. The number of hydrogen-bond donors (Lipinski definition) is 1. The lowest BCUT2D eigenvalue weighted by atomic mass is 9.80. The molecule has 7 nitrogen and oxygen atoms in total. The Morgan fingerprint density at radius 2 is 1.93 bits per heavy atom. The van der Waals surface area contributed by atoms with Gasteiger partial charge in [-0.1, -0.05) is 6.42 Å². The number of nitrogens with one attached hydrogen (secondary N) is 1. The molecular weight excluding hydrogens is 356 g/mol. The molecule has 0 spiro atoms. The molecule has 28 heavy (non-hydrogen) atoms. The molecule has 0 aliphatic carbocycles. The number of hydrogen-bond acceptors (Lipinski definition) is 5. The quantitative estimate of drug-likeness (QED) is 0.622. The van der Waals surface area contributed by atoms with Crippen LogP contribution in [0.5, 0.6) is 0 Å². The van der Waals surface area contributed by atoms with Crippen molar-refractivity contribution in [3.8, 4) is 0 Å². The van der Waals surface area contributed by atoms with Crippen LogP contribution in [-0.2, 0) is 11.2 Å². The van der Waals surface area contributed by atoms with Crippen molar-refractivity contribution in [2.45, 2.75) is 51.0 Å². The van der Waals surface area contributed by atoms with E-state index in [0.717, 1.165) is 56.7 Å². The molecular formula is C21H30N4O3. The lowest BCUT2D eigenvalue weighted by Crippen LogP contribution is -2.53. The zero-order valence-corrected chi connectivity index (χ0v) is 16.4. The van der Waals surface area contributed by atoms with E-state index in [1.165, 1.54) is 19.3 Å². The van der Waals surface area contributed by atoms with Crippen molar-refractivity contribution >= 4 is 17.3 Å². The van der Waals surface area contributed by atoms with E-state index in [-0.39, 0.29) is 28.5 Å². The van der Waals surface area contributed by atoms with E-state index < -0.39 is 0 Å². The monoisotopic (exact) mass is 386 g/mol. The number of non-ortho nitro benzene ring substituents is 1. The number of likely N-dealkylation sites (tertiary alicyclic amines) is 1. The van der Waals surface area contributed by atoms with Crippen LogP contribution in [0.3, 0.4) is 0 Å². The summed E-state index contributed by atoms with van der Waals surface area (Å²) in [5, 5.41) is 14.3. The Kier molecular flexibility index (Phi) is 5.80. The van der Waals surface area contributed by atoms with Gasteiger partial charge in [0.05, 0.1) is 10.8 Å². The number of nitro benzene ring substituents is 1. The Balaban J connectivity index is 1.45. The smallest absolute Gasteiger partial charge is 0.269 e. The van der Waals surface area contributed by atoms with E-state index in [2.05, 4.69) is 15.1 Å². The van der Waals surface area contributed by atoms with Gasteiger partial charge in [0.25, 0.3) is 5.69 Å². The fraction of sp³-hybridized carbons (Fsp3) is 0.667. The second kappa shape index (κ2) is 8.47. The normalized spacial score (nSPS) is 24.9. The summed E-state index contributed by atoms with van der Waals surface area (Å²) in [6.07, 6.45) is 7.67. The van der Waals surface area contributed by atoms with E-state index in [9.17, 15) is 14.9 Å². The fourth-order valence-corrected chi connectivity index (χ4v) is 5.10. The molecule has 3 aliphatic rings. The summed E-state index contributed by atoms with van der Waals surface area (Å²) < 4.78 is 0. The van der Waals surface area contributed by atoms with Crippen molar-refractivity contribution in [3.05, 3.63) is 33.9 Å². The molecule has 3 aliphatic heterocycles. The second-order valence-electron chi connectivity index (χ2n) is 8.33. The highest BCUT2D eigenvalue weighted by molar-refractivity contribution is 5.82. The number of carbonyl (C=O) groups excluding carboxylic acids is 1. The van der Waals surface area contributed by atoms with Gasteiger partial charge < -0.3 is 15.1 Å². The molecule has 2 unspecified atom stereocenters. The molecule has 152 valence electrons. The predicted octanol–water partition coefficient (Wildman–Crippen LogP) is 2.73. The molecule has 0 saturated carbocycles. The van der Waals surface area contributed by atoms with Gasteiger partial charge in [-0.25, -0.2) is 0 Å². The lowest BCUT2D eigenvalue weighted by Gasteiger charge is -2.46. The first-order chi connectivity index (χ1) is 13.6. The highest BCUT2D eigenvalue weighted by atomic mass is 16.6. The van der Waals surface area contributed by atoms with E-state index in [0.29, 0.717) is 13.0 Å². The Morgan fingerprint density at radius 3 is 2.71 bits per heavy atom. The summed E-state index contributed by atoms with van der Waals surface area (Å²) in [6.45, 7) is 4.78. The summed E-state index contributed by atoms with van der Waals surface area (Å²) in [5.41, 5.74) is 2.12. The van der Waals surface area contributed by atoms with Crippen LogP contribution in [0.4, 0.5) is 11.4 Å². The zero-order chi connectivity index (χ0) is 19.5. The van der Waals surface area contributed by atoms with Gasteiger partial charge in [0, 0.05) is 43.5 Å². The molecule has 0 bridgehead atoms. The average Bonchev–Trinajstić information content (AvgIpc) is 2.73. The van der Waals surface area contributed by atoms with Crippen LogP contribution < -0.4 is 10.2 Å². The van der Waals surface area contributed by atoms with E-state index in [4.69, 9.17) is 0 Å². The van der Waals surface area contributed by atoms with Gasteiger partial charge in [0.1, 0.15) is 0 Å². The van der Waals surface area contributed by atoms with Crippen molar-refractivity contribution in [2.75, 3.05) is 37.6 Å². The van der Waals surface area contributed by atoms with Crippen LogP contribution in [0, 0.1) is 16.0 Å². The summed E-state index contributed by atoms with van der Waals surface area (Å²) >= 11 is 0. The molecule has 1 amide bonds. The van der Waals surface area contributed by atoms with Crippen molar-refractivity contribution in [2.24, 2.45) is 5.92 Å². The van der Waals surface area contributed by atoms with Crippen molar-refractivity contribution < 1.29 is 9.72 Å². The molecule has 2 saturated heterocycles. The zero-order valence-electron chi connectivity index (χ0n) is 16.4. The summed E-state index contributed by atoms with van der Waals surface area (Å²) in [5.74, 6) is -0.0257. The number of nitro groups is 1. The third-order valence-electron chi connectivity index (χ3n) is 6.55. The molecule has 2 fully saturated rings. The first kappa shape index (κ1) is 19.2. The minimum absolute atomic E-state index is 0.103. The van der Waals surface area contributed by atoms with Crippen LogP contribution in [0.2, 0.25) is 0 Å². The number of rotatable bonds is 5. The van der Waals surface area contributed by atoms with Crippen LogP contribution in [0.15, 0.2) is 18.2 Å². The maximum atomic E-state index is 13.0. The van der Waals surface area contributed by atoms with Crippen molar-refractivity contribution in [1.29, 1.82) is 0 Å². The summed E-state index contributed by atoms with van der Waals surface area (Å²) in [4.78, 5) is 28.6. The van der Waals surface area contributed by atoms with E-state index in [1.807, 2.05) is 6.07 Å². The second-order valence-corrected chi connectivity index (χ2v) is 8.33. The highest BCUT2D eigenvalue weighted by Crippen LogP contribution is 2.39. The molecule has 0 radical (unpaired) electrons. The number of fused-ring (bicyclic) bond motifs is 3. The molecule has 1 N–H and O–H groups in total. The van der Waals surface area contributed by atoms with Gasteiger partial charge in [-0.15, -0.1) is 0 Å². The van der Waals surface area contributed by atoms with Crippen LogP contribution in [0.1, 0.15) is 44.1 Å². The van der Waals surface area contributed by atoms with E-state index in [1.54, 1.807) is 12.1 Å². The molecule has 1 aromatic rings. The Labute approximate surface area is 166 Å². The largest absolute Gasteiger partial charge is 0.368 e. The Bertz CT molecular complexity index is 732. The minimum Gasteiger partial charge on any atom is -0.368 e. The molecule has 7 heteroatoms. The van der Waals surface area contributed by atoms with Gasteiger partial charge >= 0.3 is 0 Å². The third-order valence-corrected chi connectivity index (χ3v) is 6.55. The number of benzene rings is 1. The number of nitrogens with zero attached hydrogens (tertiary/aromatic N) is 3. The third kappa shape index (κ3) is 3.99. The molecule has 1 aromatic carbocycles. The standard InChI is InChI=1S/C21H30N4O3/c26-21(22-9-13-23-10-3-1-4-11-23)18-15-16-14-17(25(27)28)7-8-19(16)24-12-5-2-6-20(18)24/h7-8,14,18,20H,1-6,9-13,15H2,(H,22,26). The van der Waals surface area contributed by atoms with Crippen molar-refractivity contribution in [3.63, 3.8) is 0 Å². The molecule has 2 atom stereocenters. The summed E-state index contributed by atoms with van der Waals surface area (Å²) in [7, 11) is 0. The fourth-order valence-electron chi connectivity index (χ4n) is 5.10. The number of amides is 1. The van der Waals surface area contributed by atoms with Crippen LogP contribution in [-0.4, -0.2) is 54.5 Å². The molecule has 3 heterocycles. The SMILES string of the molecule is O=C(NCCN1CCCCC1)C1Cc2cc([N+](=O)[O-])ccc2N2CCCCC12. The molecule has 4 rings (SSSR count). The number of anilines is 1. The lowest BCUT2D eigenvalue weighted by molar-refractivity contribution is -0.384. The first-order valence-corrected chi connectivity index (χ1v) is 10.7. The van der Waals surface area contributed by atoms with Crippen LogP contribution in [0.25, 0.3) is 0 Å². The average molecular weight is 386 g/mol. The topological polar surface area (TPSA) is 78.7 Å². The van der Waals surface area contributed by atoms with Crippen LogP contribution >= 0.6 is 0 Å². The van der Waals surface area contributed by atoms with Gasteiger partial charge in [0.2, 0.25) is 5.91 Å². The van der Waals surface area contributed by atoms with Gasteiger partial charge in [-0.2, -0.15) is 0 Å². The maximum absolute atomic E-state index is 13.0. The van der Waals surface area contributed by atoms with Gasteiger partial charge in [0.15, 0.2) is 0 Å². The Morgan fingerprint density at radius 1 is 1.14 bits per heavy atom. The Hall–Kier alpha value is -2.15.